The van der Waals surface area contributed by atoms with Crippen molar-refractivity contribution in [3.63, 3.8) is 0 Å². The van der Waals surface area contributed by atoms with Gasteiger partial charge in [-0.1, -0.05) is 0 Å². The van der Waals surface area contributed by atoms with E-state index in [4.69, 9.17) is 5.11 Å². The number of anilines is 1. The van der Waals surface area contributed by atoms with Crippen molar-refractivity contribution in [1.29, 1.82) is 0 Å². The molecule has 0 unspecified atom stereocenters. The highest BCUT2D eigenvalue weighted by Crippen LogP contribution is 2.52. The Kier molecular flexibility index (Phi) is 4.05. The van der Waals surface area contributed by atoms with Crippen LogP contribution < -0.4 is 10.2 Å². The van der Waals surface area contributed by atoms with E-state index in [-0.39, 0.29) is 24.8 Å². The van der Waals surface area contributed by atoms with Crippen molar-refractivity contribution in [3.8, 4) is 0 Å². The number of hydrogen-bond donors (Lipinski definition) is 2. The minimum absolute atomic E-state index is 0.0228. The van der Waals surface area contributed by atoms with Crippen molar-refractivity contribution in [2.75, 3.05) is 11.4 Å². The average Bonchev–Trinajstić information content (AvgIpc) is 3.30. The maximum atomic E-state index is 13.6. The molecule has 134 valence electrons. The highest BCUT2D eigenvalue weighted by Gasteiger charge is 2.62. The summed E-state index contributed by atoms with van der Waals surface area (Å²) in [6.45, 7) is 3.71. The molecule has 0 atom stereocenters. The Hall–Kier alpha value is -2.44. The lowest BCUT2D eigenvalue weighted by Crippen LogP contribution is -2.53. The molecule has 1 aliphatic carbocycles. The van der Waals surface area contributed by atoms with Gasteiger partial charge in [-0.05, 0) is 56.9 Å². The van der Waals surface area contributed by atoms with Gasteiger partial charge in [-0.15, -0.1) is 0 Å². The van der Waals surface area contributed by atoms with Crippen LogP contribution in [0.5, 0.6) is 0 Å². The van der Waals surface area contributed by atoms with Crippen LogP contribution in [0.1, 0.15) is 45.1 Å². The fourth-order valence-electron chi connectivity index (χ4n) is 3.41. The van der Waals surface area contributed by atoms with E-state index in [0.717, 1.165) is 0 Å². The van der Waals surface area contributed by atoms with Crippen LogP contribution in [0.4, 0.5) is 10.1 Å². The molecular formula is C18H21FN2O4. The Morgan fingerprint density at radius 2 is 2.00 bits per heavy atom. The highest BCUT2D eigenvalue weighted by atomic mass is 19.1. The monoisotopic (exact) mass is 348 g/mol. The van der Waals surface area contributed by atoms with E-state index >= 15 is 0 Å². The number of carboxylic acid groups (broad SMARTS) is 1. The van der Waals surface area contributed by atoms with Crippen molar-refractivity contribution in [2.45, 2.75) is 50.5 Å². The second kappa shape index (κ2) is 5.82. The number of nitrogens with zero attached hydrogens (tertiary/aromatic N) is 1. The van der Waals surface area contributed by atoms with Crippen molar-refractivity contribution in [1.82, 2.24) is 5.32 Å². The zero-order valence-corrected chi connectivity index (χ0v) is 14.3. The first-order valence-electron chi connectivity index (χ1n) is 8.35. The lowest BCUT2D eigenvalue weighted by atomic mass is 9.86. The Morgan fingerprint density at radius 1 is 1.32 bits per heavy atom. The van der Waals surface area contributed by atoms with Crippen LogP contribution in [-0.4, -0.2) is 35.0 Å². The number of carbonyl (C=O) groups excluding carboxylic acids is 2. The number of benzene rings is 1. The number of carboxylic acids is 1. The summed E-state index contributed by atoms with van der Waals surface area (Å²) in [5.41, 5.74) is -0.672. The lowest BCUT2D eigenvalue weighted by Gasteiger charge is -2.29. The predicted molar refractivity (Wildman–Crippen MR) is 88.8 cm³/mol. The predicted octanol–water partition coefficient (Wildman–Crippen LogP) is 1.96. The summed E-state index contributed by atoms with van der Waals surface area (Å²) in [4.78, 5) is 37.7. The van der Waals surface area contributed by atoms with E-state index in [1.165, 1.54) is 17.0 Å². The molecule has 25 heavy (non-hydrogen) atoms. The molecule has 2 amide bonds. The van der Waals surface area contributed by atoms with Crippen LogP contribution in [0.25, 0.3) is 0 Å². The second-order valence-corrected chi connectivity index (χ2v) is 7.21. The maximum absolute atomic E-state index is 13.6. The Labute approximate surface area is 145 Å². The van der Waals surface area contributed by atoms with Crippen LogP contribution in [-0.2, 0) is 19.8 Å². The zero-order chi connectivity index (χ0) is 18.4. The quantitative estimate of drug-likeness (QED) is 0.770. The number of fused-ring (bicyclic) bond motifs is 1. The molecule has 6 nitrogen and oxygen atoms in total. The van der Waals surface area contributed by atoms with Crippen LogP contribution in [0.3, 0.4) is 0 Å². The summed E-state index contributed by atoms with van der Waals surface area (Å²) in [6, 6.07) is 4.20. The van der Waals surface area contributed by atoms with Crippen LogP contribution in [0.2, 0.25) is 0 Å². The van der Waals surface area contributed by atoms with E-state index in [1.807, 2.05) is 0 Å². The molecule has 0 bridgehead atoms. The van der Waals surface area contributed by atoms with Crippen LogP contribution >= 0.6 is 0 Å². The van der Waals surface area contributed by atoms with Gasteiger partial charge < -0.3 is 10.4 Å². The summed E-state index contributed by atoms with van der Waals surface area (Å²) in [6.07, 6.45) is 1.39. The number of hydrogen-bond acceptors (Lipinski definition) is 3. The maximum Gasteiger partial charge on any atom is 0.303 e. The van der Waals surface area contributed by atoms with E-state index < -0.39 is 22.7 Å². The first-order valence-corrected chi connectivity index (χ1v) is 8.35. The number of nitrogens with one attached hydrogen (secondary N) is 1. The molecule has 0 aromatic heterocycles. The van der Waals surface area contributed by atoms with Gasteiger partial charge in [0.2, 0.25) is 11.8 Å². The molecule has 1 aromatic rings. The number of aliphatic carboxylic acids is 1. The van der Waals surface area contributed by atoms with Crippen molar-refractivity contribution < 1.29 is 23.9 Å². The summed E-state index contributed by atoms with van der Waals surface area (Å²) in [5.74, 6) is -1.82. The molecule has 1 aliphatic heterocycles. The van der Waals surface area contributed by atoms with Gasteiger partial charge in [-0.3, -0.25) is 19.3 Å². The van der Waals surface area contributed by atoms with Gasteiger partial charge in [0.15, 0.2) is 0 Å². The van der Waals surface area contributed by atoms with Crippen molar-refractivity contribution >= 4 is 23.5 Å². The minimum Gasteiger partial charge on any atom is -0.481 e. The Balaban J connectivity index is 1.83. The summed E-state index contributed by atoms with van der Waals surface area (Å²) < 4.78 is 13.6. The fraction of sp³-hybridized carbons (Fsp3) is 0.500. The SMILES string of the molecule is CC1(C)C(=O)N(C2(C(=O)NCCCC(=O)O)CC2)c2ccc(F)cc21. The largest absolute Gasteiger partial charge is 0.481 e. The first kappa shape index (κ1) is 17.4. The molecule has 2 N–H and O–H groups in total. The Bertz CT molecular complexity index is 755. The first-order chi connectivity index (χ1) is 11.7. The van der Waals surface area contributed by atoms with Crippen LogP contribution in [0, 0.1) is 5.82 Å². The van der Waals surface area contributed by atoms with E-state index in [2.05, 4.69) is 5.32 Å². The molecule has 2 aliphatic rings. The van der Waals surface area contributed by atoms with E-state index in [0.29, 0.717) is 30.5 Å². The molecule has 0 spiro atoms. The molecule has 0 radical (unpaired) electrons. The van der Waals surface area contributed by atoms with E-state index in [1.54, 1.807) is 19.9 Å². The molecular weight excluding hydrogens is 327 g/mol. The van der Waals surface area contributed by atoms with Gasteiger partial charge in [0.05, 0.1) is 5.41 Å². The molecule has 1 saturated carbocycles. The normalized spacial score (nSPS) is 19.5. The highest BCUT2D eigenvalue weighted by molar-refractivity contribution is 6.14. The third kappa shape index (κ3) is 2.77. The zero-order valence-electron chi connectivity index (χ0n) is 14.3. The van der Waals surface area contributed by atoms with Gasteiger partial charge in [0.1, 0.15) is 11.4 Å². The molecule has 1 heterocycles. The molecule has 1 fully saturated rings. The standard InChI is InChI=1S/C18H21FN2O4/c1-17(2)12-10-11(19)5-6-13(12)21(16(17)25)18(7-8-18)15(24)20-9-3-4-14(22)23/h5-6,10H,3-4,7-9H2,1-2H3,(H,20,24)(H,22,23). The van der Waals surface area contributed by atoms with Gasteiger partial charge in [0, 0.05) is 18.7 Å². The third-order valence-electron chi connectivity index (χ3n) is 5.04. The van der Waals surface area contributed by atoms with Gasteiger partial charge >= 0.3 is 5.97 Å². The fourth-order valence-corrected chi connectivity index (χ4v) is 3.41. The van der Waals surface area contributed by atoms with Crippen molar-refractivity contribution in [3.05, 3.63) is 29.6 Å². The summed E-state index contributed by atoms with van der Waals surface area (Å²) >= 11 is 0. The summed E-state index contributed by atoms with van der Waals surface area (Å²) in [7, 11) is 0. The topological polar surface area (TPSA) is 86.7 Å². The second-order valence-electron chi connectivity index (χ2n) is 7.21. The van der Waals surface area contributed by atoms with Crippen molar-refractivity contribution in [2.24, 2.45) is 0 Å². The average molecular weight is 348 g/mol. The molecule has 3 rings (SSSR count). The number of rotatable bonds is 6. The van der Waals surface area contributed by atoms with Gasteiger partial charge in [-0.2, -0.15) is 0 Å². The summed E-state index contributed by atoms with van der Waals surface area (Å²) in [5, 5.41) is 11.4. The Morgan fingerprint density at radius 3 is 2.60 bits per heavy atom. The molecule has 7 heteroatoms. The van der Waals surface area contributed by atoms with Gasteiger partial charge in [-0.25, -0.2) is 4.39 Å². The van der Waals surface area contributed by atoms with E-state index in [9.17, 15) is 18.8 Å². The smallest absolute Gasteiger partial charge is 0.303 e. The van der Waals surface area contributed by atoms with Gasteiger partial charge in [0.25, 0.3) is 0 Å². The lowest BCUT2D eigenvalue weighted by molar-refractivity contribution is -0.137. The molecule has 0 saturated heterocycles. The van der Waals surface area contributed by atoms with Crippen LogP contribution in [0.15, 0.2) is 18.2 Å². The molecule has 1 aromatic carbocycles. The minimum atomic E-state index is -0.944. The number of halogens is 1. The number of carbonyl (C=O) groups is 3. The third-order valence-corrected chi connectivity index (χ3v) is 5.04. The number of amides is 2.